The van der Waals surface area contributed by atoms with E-state index in [4.69, 9.17) is 51.1 Å². The van der Waals surface area contributed by atoms with Gasteiger partial charge in [-0.15, -0.1) is 0 Å². The fraction of sp³-hybridized carbons (Fsp3) is 0.111. The molecule has 0 spiro atoms. The third-order valence-electron chi connectivity index (χ3n) is 1.38. The zero-order valence-electron chi connectivity index (χ0n) is 8.34. The zero-order valence-corrected chi connectivity index (χ0v) is 13.0. The van der Waals surface area contributed by atoms with E-state index in [0.717, 1.165) is 0 Å². The van der Waals surface area contributed by atoms with Gasteiger partial charge >= 0.3 is 0 Å². The molecular formula is C9H5Cl4NOS2. The lowest BCUT2D eigenvalue weighted by atomic mass is 10.3. The van der Waals surface area contributed by atoms with Gasteiger partial charge in [-0.25, -0.2) is 0 Å². The number of benzene rings is 1. The lowest BCUT2D eigenvalue weighted by molar-refractivity contribution is 0.415. The van der Waals surface area contributed by atoms with Gasteiger partial charge in [-0.3, -0.25) is 0 Å². The first kappa shape index (κ1) is 17.1. The van der Waals surface area contributed by atoms with Gasteiger partial charge in [0, 0.05) is 12.1 Å². The van der Waals surface area contributed by atoms with Gasteiger partial charge in [-0.2, -0.15) is 4.99 Å². The highest BCUT2D eigenvalue weighted by Gasteiger charge is 2.06. The fourth-order valence-corrected chi connectivity index (χ4v) is 1.46. The average Bonchev–Trinajstić information content (AvgIpc) is 2.22. The van der Waals surface area contributed by atoms with Crippen molar-refractivity contribution in [3.63, 3.8) is 0 Å². The first-order chi connectivity index (χ1) is 7.92. The number of hydrogen-bond acceptors (Lipinski definition) is 4. The molecule has 1 aromatic rings. The first-order valence-electron chi connectivity index (χ1n) is 3.88. The molecule has 92 valence electrons. The smallest absolute Gasteiger partial charge is 0.169 e. The van der Waals surface area contributed by atoms with E-state index in [1.54, 1.807) is 12.1 Å². The Balaban J connectivity index is 0.000000557. The van der Waals surface area contributed by atoms with Crippen molar-refractivity contribution < 1.29 is 4.74 Å². The highest BCUT2D eigenvalue weighted by atomic mass is 35.5. The second-order valence-corrected chi connectivity index (χ2v) is 5.17. The van der Waals surface area contributed by atoms with Crippen LogP contribution in [0.1, 0.15) is 0 Å². The molecule has 0 N–H and O–H groups in total. The summed E-state index contributed by atoms with van der Waals surface area (Å²) in [6.07, 6.45) is 0. The Kier molecular flexibility index (Phi) is 9.10. The van der Waals surface area contributed by atoms with Gasteiger partial charge in [-0.05, 0) is 12.2 Å². The van der Waals surface area contributed by atoms with Crippen molar-refractivity contribution in [3.05, 3.63) is 22.2 Å². The summed E-state index contributed by atoms with van der Waals surface area (Å²) in [4.78, 5) is 3.73. The van der Waals surface area contributed by atoms with Crippen LogP contribution in [0, 0.1) is 0 Å². The maximum Gasteiger partial charge on any atom is 0.169 e. The highest BCUT2D eigenvalue weighted by molar-refractivity contribution is 7.86. The maximum absolute atomic E-state index is 5.85. The lowest BCUT2D eigenvalue weighted by Crippen LogP contribution is -1.82. The number of hydrogen-bond donors (Lipinski definition) is 0. The normalized spacial score (nSPS) is 8.53. The molecule has 0 aliphatic heterocycles. The van der Waals surface area contributed by atoms with E-state index in [9.17, 15) is 0 Å². The second-order valence-electron chi connectivity index (χ2n) is 2.37. The minimum absolute atomic E-state index is 0.0556. The van der Waals surface area contributed by atoms with Crippen molar-refractivity contribution >= 4 is 85.5 Å². The summed E-state index contributed by atoms with van der Waals surface area (Å²) in [6.45, 7) is 0. The minimum atomic E-state index is -0.0556. The van der Waals surface area contributed by atoms with Crippen molar-refractivity contribution in [2.24, 2.45) is 4.99 Å². The van der Waals surface area contributed by atoms with Crippen molar-refractivity contribution in [1.29, 1.82) is 0 Å². The Labute approximate surface area is 129 Å². The molecule has 1 aromatic carbocycles. The molecule has 0 unspecified atom stereocenters. The number of thiocarbonyl (C=S) groups is 2. The molecule has 0 aliphatic rings. The molecule has 8 heteroatoms. The molecule has 0 atom stereocenters. The quantitative estimate of drug-likeness (QED) is 0.401. The standard InChI is InChI=1S/C8H5Cl2NOS.CCl2S/c1-12-5-2-6(9)8(11-4-13)7(10)3-5;2-1(3)4/h2-3H,1H3;. The number of isothiocyanates is 1. The molecule has 0 amide bonds. The number of aliphatic imine (C=N–C) groups is 1. The zero-order chi connectivity index (χ0) is 13.4. The Morgan fingerprint density at radius 3 is 2.00 bits per heavy atom. The summed E-state index contributed by atoms with van der Waals surface area (Å²) in [6, 6.07) is 3.22. The van der Waals surface area contributed by atoms with E-state index >= 15 is 0 Å². The van der Waals surface area contributed by atoms with Crippen LogP contribution in [0.25, 0.3) is 0 Å². The van der Waals surface area contributed by atoms with Crippen LogP contribution in [-0.4, -0.2) is 16.1 Å². The summed E-state index contributed by atoms with van der Waals surface area (Å²) in [5, 5.41) is 2.98. The van der Waals surface area contributed by atoms with E-state index in [-0.39, 0.29) is 3.78 Å². The predicted octanol–water partition coefficient (Wildman–Crippen LogP) is 5.49. The molecule has 17 heavy (non-hydrogen) atoms. The third-order valence-corrected chi connectivity index (χ3v) is 2.05. The molecule has 0 saturated heterocycles. The largest absolute Gasteiger partial charge is 0.497 e. The lowest BCUT2D eigenvalue weighted by Gasteiger charge is -2.03. The van der Waals surface area contributed by atoms with Crippen LogP contribution in [0.4, 0.5) is 5.69 Å². The first-order valence-corrected chi connectivity index (χ1v) is 6.21. The second kappa shape index (κ2) is 9.06. The number of ether oxygens (including phenoxy) is 1. The number of halogens is 4. The van der Waals surface area contributed by atoms with Crippen molar-refractivity contribution in [2.75, 3.05) is 7.11 Å². The van der Waals surface area contributed by atoms with Gasteiger partial charge in [-0.1, -0.05) is 58.6 Å². The molecule has 2 nitrogen and oxygen atoms in total. The average molecular weight is 349 g/mol. The molecule has 0 heterocycles. The molecule has 0 aromatic heterocycles. The number of nitrogens with zero attached hydrogens (tertiary/aromatic N) is 1. The summed E-state index contributed by atoms with van der Waals surface area (Å²) in [5.74, 6) is 0.582. The number of rotatable bonds is 2. The Hall–Kier alpha value is 0.0700. The van der Waals surface area contributed by atoms with Crippen molar-refractivity contribution in [2.45, 2.75) is 0 Å². The SMILES string of the molecule is COc1cc(Cl)c(N=C=S)c(Cl)c1.S=C(Cl)Cl. The Bertz CT molecular complexity index is 433. The van der Waals surface area contributed by atoms with Crippen LogP contribution in [0.3, 0.4) is 0 Å². The third kappa shape index (κ3) is 7.17. The Morgan fingerprint density at radius 1 is 1.29 bits per heavy atom. The van der Waals surface area contributed by atoms with Crippen LogP contribution < -0.4 is 4.74 Å². The van der Waals surface area contributed by atoms with Gasteiger partial charge in [0.15, 0.2) is 3.78 Å². The summed E-state index contributed by atoms with van der Waals surface area (Å²) < 4.78 is 4.90. The maximum atomic E-state index is 5.85. The summed E-state index contributed by atoms with van der Waals surface area (Å²) in [7, 11) is 1.53. The van der Waals surface area contributed by atoms with Crippen LogP contribution in [0.15, 0.2) is 17.1 Å². The van der Waals surface area contributed by atoms with E-state index in [1.165, 1.54) is 7.11 Å². The molecule has 0 radical (unpaired) electrons. The molecule has 0 aliphatic carbocycles. The van der Waals surface area contributed by atoms with E-state index in [2.05, 4.69) is 34.6 Å². The monoisotopic (exact) mass is 347 g/mol. The van der Waals surface area contributed by atoms with Gasteiger partial charge < -0.3 is 4.74 Å². The van der Waals surface area contributed by atoms with Gasteiger partial charge in [0.2, 0.25) is 0 Å². The van der Waals surface area contributed by atoms with E-state index < -0.39 is 0 Å². The number of methoxy groups -OCH3 is 1. The van der Waals surface area contributed by atoms with Crippen molar-refractivity contribution in [3.8, 4) is 5.75 Å². The molecule has 0 bridgehead atoms. The van der Waals surface area contributed by atoms with E-state index in [1.807, 2.05) is 0 Å². The highest BCUT2D eigenvalue weighted by Crippen LogP contribution is 2.36. The summed E-state index contributed by atoms with van der Waals surface area (Å²) in [5.41, 5.74) is 0.416. The van der Waals surface area contributed by atoms with Crippen LogP contribution >= 0.6 is 70.8 Å². The van der Waals surface area contributed by atoms with Crippen LogP contribution in [-0.2, 0) is 0 Å². The predicted molar refractivity (Wildman–Crippen MR) is 82.0 cm³/mol. The van der Waals surface area contributed by atoms with Gasteiger partial charge in [0.05, 0.1) is 22.3 Å². The fourth-order valence-electron chi connectivity index (χ4n) is 0.813. The molecular weight excluding hydrogens is 344 g/mol. The van der Waals surface area contributed by atoms with Crippen LogP contribution in [0.2, 0.25) is 10.0 Å². The topological polar surface area (TPSA) is 21.6 Å². The summed E-state index contributed by atoms with van der Waals surface area (Å²) >= 11 is 29.8. The van der Waals surface area contributed by atoms with Gasteiger partial charge in [0.1, 0.15) is 11.4 Å². The van der Waals surface area contributed by atoms with Crippen molar-refractivity contribution in [1.82, 2.24) is 0 Å². The Morgan fingerprint density at radius 2 is 1.71 bits per heavy atom. The molecule has 1 rings (SSSR count). The minimum Gasteiger partial charge on any atom is -0.497 e. The molecule has 0 saturated carbocycles. The molecule has 0 fully saturated rings. The van der Waals surface area contributed by atoms with Crippen LogP contribution in [0.5, 0.6) is 5.75 Å². The van der Waals surface area contributed by atoms with Gasteiger partial charge in [0.25, 0.3) is 0 Å². The van der Waals surface area contributed by atoms with E-state index in [0.29, 0.717) is 21.5 Å².